The minimum Gasteiger partial charge on any atom is -0.427 e. The van der Waals surface area contributed by atoms with Gasteiger partial charge in [0.15, 0.2) is 0 Å². The molecule has 4 nitrogen and oxygen atoms in total. The second kappa shape index (κ2) is 9.48. The molecule has 3 rings (SSSR count). The molecule has 1 aromatic carbocycles. The van der Waals surface area contributed by atoms with Crippen molar-refractivity contribution in [3.8, 4) is 5.75 Å². The van der Waals surface area contributed by atoms with Crippen LogP contribution in [-0.4, -0.2) is 37.0 Å². The van der Waals surface area contributed by atoms with Crippen molar-refractivity contribution < 1.29 is 9.53 Å². The van der Waals surface area contributed by atoms with E-state index in [9.17, 15) is 4.79 Å². The zero-order valence-corrected chi connectivity index (χ0v) is 15.1. The van der Waals surface area contributed by atoms with E-state index in [4.69, 9.17) is 4.74 Å². The van der Waals surface area contributed by atoms with Crippen molar-refractivity contribution in [1.29, 1.82) is 0 Å². The Morgan fingerprint density at radius 3 is 2.35 bits per heavy atom. The number of halogens is 2. The summed E-state index contributed by atoms with van der Waals surface area (Å²) in [6.07, 6.45) is 4.02. The van der Waals surface area contributed by atoms with Gasteiger partial charge in [-0.05, 0) is 30.0 Å². The smallest absolute Gasteiger partial charge is 0.308 e. The van der Waals surface area contributed by atoms with Crippen LogP contribution in [0.15, 0.2) is 24.3 Å². The number of hydrogen-bond acceptors (Lipinski definition) is 4. The van der Waals surface area contributed by atoms with Crippen LogP contribution in [0.5, 0.6) is 5.75 Å². The molecule has 1 saturated heterocycles. The van der Waals surface area contributed by atoms with Gasteiger partial charge in [-0.25, -0.2) is 0 Å². The molecule has 1 N–H and O–H groups in total. The van der Waals surface area contributed by atoms with Crippen molar-refractivity contribution in [1.82, 2.24) is 10.2 Å². The van der Waals surface area contributed by atoms with E-state index in [0.717, 1.165) is 32.1 Å². The normalized spacial score (nSPS) is 19.2. The van der Waals surface area contributed by atoms with Crippen LogP contribution < -0.4 is 10.1 Å². The van der Waals surface area contributed by atoms with Crippen molar-refractivity contribution in [3.63, 3.8) is 0 Å². The van der Waals surface area contributed by atoms with Crippen molar-refractivity contribution in [3.05, 3.63) is 29.8 Å². The number of rotatable bonds is 5. The van der Waals surface area contributed by atoms with Crippen molar-refractivity contribution >= 4 is 30.8 Å². The standard InChI is InChI=1S/C17H24N2O2.2ClH/c1-13(20)21-16-6-4-15(5-7-16)17(12-14-2-3-14)19-10-8-18-9-11-19;;/h4-7,14,17-18H,2-3,8-12H2,1H3;2*1H/t17-;;/m1../s1. The molecule has 1 atom stereocenters. The molecule has 1 heterocycles. The average Bonchev–Trinajstić information content (AvgIpc) is 3.30. The molecular weight excluding hydrogens is 335 g/mol. The molecule has 130 valence electrons. The maximum Gasteiger partial charge on any atom is 0.308 e. The number of nitrogens with one attached hydrogen (secondary N) is 1. The van der Waals surface area contributed by atoms with Crippen LogP contribution >= 0.6 is 24.8 Å². The Kier molecular flexibility index (Phi) is 8.34. The van der Waals surface area contributed by atoms with E-state index in [-0.39, 0.29) is 30.8 Å². The molecule has 0 amide bonds. The van der Waals surface area contributed by atoms with Gasteiger partial charge in [-0.1, -0.05) is 25.0 Å². The van der Waals surface area contributed by atoms with Crippen molar-refractivity contribution in [2.45, 2.75) is 32.2 Å². The number of hydrogen-bond donors (Lipinski definition) is 1. The fraction of sp³-hybridized carbons (Fsp3) is 0.588. The quantitative estimate of drug-likeness (QED) is 0.646. The number of carbonyl (C=O) groups is 1. The van der Waals surface area contributed by atoms with E-state index in [1.165, 1.54) is 31.7 Å². The highest BCUT2D eigenvalue weighted by Gasteiger charge is 2.30. The first-order valence-corrected chi connectivity index (χ1v) is 7.95. The first kappa shape index (κ1) is 20.2. The van der Waals surface area contributed by atoms with E-state index in [0.29, 0.717) is 11.8 Å². The van der Waals surface area contributed by atoms with Crippen LogP contribution in [0.25, 0.3) is 0 Å². The van der Waals surface area contributed by atoms with Gasteiger partial charge in [-0.15, -0.1) is 24.8 Å². The summed E-state index contributed by atoms with van der Waals surface area (Å²) in [7, 11) is 0. The molecule has 0 bridgehead atoms. The molecule has 6 heteroatoms. The highest BCUT2D eigenvalue weighted by molar-refractivity contribution is 5.85. The van der Waals surface area contributed by atoms with Crippen LogP contribution in [0.3, 0.4) is 0 Å². The SMILES string of the molecule is CC(=O)Oc1ccc([C@@H](CC2CC2)N2CCNCC2)cc1.Cl.Cl. The van der Waals surface area contributed by atoms with Gasteiger partial charge in [0, 0.05) is 39.1 Å². The molecule has 0 radical (unpaired) electrons. The molecule has 2 fully saturated rings. The molecule has 0 aromatic heterocycles. The molecule has 1 aliphatic heterocycles. The summed E-state index contributed by atoms with van der Waals surface area (Å²) in [4.78, 5) is 13.6. The largest absolute Gasteiger partial charge is 0.427 e. The minimum atomic E-state index is -0.264. The summed E-state index contributed by atoms with van der Waals surface area (Å²) in [6.45, 7) is 5.82. The minimum absolute atomic E-state index is 0. The summed E-state index contributed by atoms with van der Waals surface area (Å²) >= 11 is 0. The van der Waals surface area contributed by atoms with Gasteiger partial charge in [0.2, 0.25) is 0 Å². The lowest BCUT2D eigenvalue weighted by atomic mass is 9.98. The summed E-state index contributed by atoms with van der Waals surface area (Å²) in [5.74, 6) is 1.27. The Labute approximate surface area is 150 Å². The van der Waals surface area contributed by atoms with Crippen LogP contribution in [0, 0.1) is 5.92 Å². The van der Waals surface area contributed by atoms with Crippen LogP contribution in [0.4, 0.5) is 0 Å². The summed E-state index contributed by atoms with van der Waals surface area (Å²) in [5, 5.41) is 3.42. The molecule has 1 saturated carbocycles. The van der Waals surface area contributed by atoms with E-state index in [1.54, 1.807) is 0 Å². The Bertz CT molecular complexity index is 486. The number of nitrogens with zero attached hydrogens (tertiary/aromatic N) is 1. The predicted octanol–water partition coefficient (Wildman–Crippen LogP) is 3.20. The van der Waals surface area contributed by atoms with Crippen LogP contribution in [-0.2, 0) is 4.79 Å². The third-order valence-corrected chi connectivity index (χ3v) is 4.37. The van der Waals surface area contributed by atoms with Gasteiger partial charge in [0.1, 0.15) is 5.75 Å². The monoisotopic (exact) mass is 360 g/mol. The topological polar surface area (TPSA) is 41.6 Å². The lowest BCUT2D eigenvalue weighted by molar-refractivity contribution is -0.131. The Morgan fingerprint density at radius 1 is 1.22 bits per heavy atom. The third kappa shape index (κ3) is 5.96. The number of esters is 1. The van der Waals surface area contributed by atoms with Gasteiger partial charge in [0.25, 0.3) is 0 Å². The fourth-order valence-electron chi connectivity index (χ4n) is 3.08. The molecule has 23 heavy (non-hydrogen) atoms. The first-order chi connectivity index (χ1) is 10.2. The average molecular weight is 361 g/mol. The van der Waals surface area contributed by atoms with E-state index in [1.807, 2.05) is 12.1 Å². The zero-order chi connectivity index (χ0) is 14.7. The molecule has 0 spiro atoms. The molecular formula is C17H26Cl2N2O2. The number of carbonyl (C=O) groups excluding carboxylic acids is 1. The van der Waals surface area contributed by atoms with Gasteiger partial charge >= 0.3 is 5.97 Å². The van der Waals surface area contributed by atoms with E-state index >= 15 is 0 Å². The number of benzene rings is 1. The summed E-state index contributed by atoms with van der Waals surface area (Å²) < 4.78 is 5.13. The maximum atomic E-state index is 11.0. The predicted molar refractivity (Wildman–Crippen MR) is 96.8 cm³/mol. The lowest BCUT2D eigenvalue weighted by Crippen LogP contribution is -2.45. The van der Waals surface area contributed by atoms with Crippen molar-refractivity contribution in [2.75, 3.05) is 26.2 Å². The Balaban J connectivity index is 0.00000132. The maximum absolute atomic E-state index is 11.0. The summed E-state index contributed by atoms with van der Waals surface area (Å²) in [5.41, 5.74) is 1.35. The Hall–Kier alpha value is -0.810. The van der Waals surface area contributed by atoms with Gasteiger partial charge in [0.05, 0.1) is 0 Å². The summed E-state index contributed by atoms with van der Waals surface area (Å²) in [6, 6.07) is 8.57. The van der Waals surface area contributed by atoms with Gasteiger partial charge in [-0.3, -0.25) is 9.69 Å². The van der Waals surface area contributed by atoms with Gasteiger partial charge in [-0.2, -0.15) is 0 Å². The van der Waals surface area contributed by atoms with Crippen LogP contribution in [0.1, 0.15) is 37.8 Å². The molecule has 0 unspecified atom stereocenters. The number of ether oxygens (including phenoxy) is 1. The second-order valence-corrected chi connectivity index (χ2v) is 6.14. The highest BCUT2D eigenvalue weighted by atomic mass is 35.5. The van der Waals surface area contributed by atoms with E-state index < -0.39 is 0 Å². The molecule has 1 aliphatic carbocycles. The van der Waals surface area contributed by atoms with Gasteiger partial charge < -0.3 is 10.1 Å². The second-order valence-electron chi connectivity index (χ2n) is 6.14. The lowest BCUT2D eigenvalue weighted by Gasteiger charge is -2.35. The zero-order valence-electron chi connectivity index (χ0n) is 13.5. The fourth-order valence-corrected chi connectivity index (χ4v) is 3.08. The molecule has 1 aromatic rings. The van der Waals surface area contributed by atoms with Crippen LogP contribution in [0.2, 0.25) is 0 Å². The highest BCUT2D eigenvalue weighted by Crippen LogP contribution is 2.40. The van der Waals surface area contributed by atoms with E-state index in [2.05, 4.69) is 22.3 Å². The third-order valence-electron chi connectivity index (χ3n) is 4.37. The van der Waals surface area contributed by atoms with Crippen molar-refractivity contribution in [2.24, 2.45) is 5.92 Å². The molecule has 2 aliphatic rings. The first-order valence-electron chi connectivity index (χ1n) is 7.95. The number of piperazine rings is 1. The Morgan fingerprint density at radius 2 is 1.83 bits per heavy atom.